The van der Waals surface area contributed by atoms with Crippen LogP contribution in [0.15, 0.2) is 29.6 Å². The van der Waals surface area contributed by atoms with Gasteiger partial charge in [0, 0.05) is 11.1 Å². The number of benzene rings is 1. The van der Waals surface area contributed by atoms with Crippen LogP contribution in [-0.4, -0.2) is 18.1 Å². The van der Waals surface area contributed by atoms with Crippen LogP contribution in [0.4, 0.5) is 15.2 Å². The van der Waals surface area contributed by atoms with Crippen molar-refractivity contribution in [2.75, 3.05) is 12.4 Å². The number of ether oxygens (including phenoxy) is 1. The predicted molar refractivity (Wildman–Crippen MR) is 67.5 cm³/mol. The van der Waals surface area contributed by atoms with Gasteiger partial charge in [-0.25, -0.2) is 9.37 Å². The molecule has 0 aliphatic carbocycles. The summed E-state index contributed by atoms with van der Waals surface area (Å²) in [5, 5.41) is 5.47. The van der Waals surface area contributed by atoms with E-state index in [0.29, 0.717) is 10.8 Å². The number of carbonyl (C=O) groups excluding carboxylic acids is 1. The van der Waals surface area contributed by atoms with Gasteiger partial charge in [-0.15, -0.1) is 11.3 Å². The first kappa shape index (κ1) is 12.5. The Bertz CT molecular complexity index is 539. The Labute approximate surface area is 107 Å². The highest BCUT2D eigenvalue weighted by Gasteiger charge is 2.07. The summed E-state index contributed by atoms with van der Waals surface area (Å²) in [6, 6.07) is 5.98. The Morgan fingerprint density at radius 3 is 2.83 bits per heavy atom. The van der Waals surface area contributed by atoms with E-state index in [1.54, 1.807) is 17.5 Å². The number of rotatable bonds is 4. The van der Waals surface area contributed by atoms with Crippen LogP contribution in [0.1, 0.15) is 5.69 Å². The lowest BCUT2D eigenvalue weighted by Gasteiger charge is -2.01. The minimum absolute atomic E-state index is 0.151. The van der Waals surface area contributed by atoms with Crippen LogP contribution >= 0.6 is 11.3 Å². The Hall–Kier alpha value is -1.95. The van der Waals surface area contributed by atoms with Gasteiger partial charge in [0.25, 0.3) is 0 Å². The molecule has 0 fully saturated rings. The lowest BCUT2D eigenvalue weighted by Crippen LogP contribution is -2.04. The number of carbonyl (C=O) groups is 1. The fourth-order valence-electron chi connectivity index (χ4n) is 1.32. The van der Waals surface area contributed by atoms with Gasteiger partial charge >= 0.3 is 5.97 Å². The van der Waals surface area contributed by atoms with Crippen molar-refractivity contribution < 1.29 is 13.9 Å². The number of thiazole rings is 1. The molecule has 0 saturated heterocycles. The summed E-state index contributed by atoms with van der Waals surface area (Å²) in [6.45, 7) is 0. The largest absolute Gasteiger partial charge is 0.469 e. The zero-order valence-corrected chi connectivity index (χ0v) is 10.5. The number of methoxy groups -OCH3 is 1. The summed E-state index contributed by atoms with van der Waals surface area (Å²) >= 11 is 1.38. The average molecular weight is 266 g/mol. The van der Waals surface area contributed by atoms with Gasteiger partial charge in [0.2, 0.25) is 0 Å². The molecule has 0 bridgehead atoms. The second-order valence-electron chi connectivity index (χ2n) is 3.53. The third kappa shape index (κ3) is 3.27. The van der Waals surface area contributed by atoms with Crippen molar-refractivity contribution >= 4 is 28.1 Å². The zero-order chi connectivity index (χ0) is 13.0. The SMILES string of the molecule is COC(=O)Cc1csc(Nc2ccc(F)cc2)n1. The van der Waals surface area contributed by atoms with Crippen LogP contribution in [-0.2, 0) is 16.0 Å². The molecule has 0 aliphatic rings. The molecular formula is C12H11FN2O2S. The molecule has 2 aromatic rings. The highest BCUT2D eigenvalue weighted by molar-refractivity contribution is 7.13. The molecule has 1 N–H and O–H groups in total. The highest BCUT2D eigenvalue weighted by Crippen LogP contribution is 2.21. The first-order valence-electron chi connectivity index (χ1n) is 5.21. The van der Waals surface area contributed by atoms with E-state index in [2.05, 4.69) is 15.0 Å². The van der Waals surface area contributed by atoms with Crippen LogP contribution in [0, 0.1) is 5.82 Å². The summed E-state index contributed by atoms with van der Waals surface area (Å²) in [6.07, 6.45) is 0.151. The number of hydrogen-bond acceptors (Lipinski definition) is 5. The minimum atomic E-state index is -0.325. The molecule has 4 nitrogen and oxygen atoms in total. The monoisotopic (exact) mass is 266 g/mol. The quantitative estimate of drug-likeness (QED) is 0.864. The van der Waals surface area contributed by atoms with E-state index in [4.69, 9.17) is 0 Å². The number of nitrogens with one attached hydrogen (secondary N) is 1. The number of halogens is 1. The summed E-state index contributed by atoms with van der Waals surface area (Å²) in [5.41, 5.74) is 1.40. The molecule has 0 spiro atoms. The van der Waals surface area contributed by atoms with Gasteiger partial charge < -0.3 is 10.1 Å². The predicted octanol–water partition coefficient (Wildman–Crippen LogP) is 2.74. The number of esters is 1. The second-order valence-corrected chi connectivity index (χ2v) is 4.39. The molecule has 0 aliphatic heterocycles. The maximum Gasteiger partial charge on any atom is 0.311 e. The molecule has 2 rings (SSSR count). The maximum absolute atomic E-state index is 12.7. The van der Waals surface area contributed by atoms with Gasteiger partial charge in [0.15, 0.2) is 5.13 Å². The Kier molecular flexibility index (Phi) is 3.88. The number of nitrogens with zero attached hydrogens (tertiary/aromatic N) is 1. The third-order valence-corrected chi connectivity index (χ3v) is 3.01. The van der Waals surface area contributed by atoms with Crippen molar-refractivity contribution in [3.05, 3.63) is 41.2 Å². The summed E-state index contributed by atoms with van der Waals surface area (Å²) in [4.78, 5) is 15.3. The average Bonchev–Trinajstić information content (AvgIpc) is 2.79. The molecule has 18 heavy (non-hydrogen) atoms. The van der Waals surface area contributed by atoms with E-state index in [9.17, 15) is 9.18 Å². The number of hydrogen-bond donors (Lipinski definition) is 1. The van der Waals surface area contributed by atoms with E-state index in [-0.39, 0.29) is 18.2 Å². The van der Waals surface area contributed by atoms with E-state index in [0.717, 1.165) is 5.69 Å². The highest BCUT2D eigenvalue weighted by atomic mass is 32.1. The smallest absolute Gasteiger partial charge is 0.311 e. The first-order chi connectivity index (χ1) is 8.67. The van der Waals surface area contributed by atoms with Crippen LogP contribution in [0.25, 0.3) is 0 Å². The van der Waals surface area contributed by atoms with Crippen molar-refractivity contribution in [2.24, 2.45) is 0 Å². The number of anilines is 2. The summed E-state index contributed by atoms with van der Waals surface area (Å²) in [7, 11) is 1.34. The molecule has 6 heteroatoms. The van der Waals surface area contributed by atoms with Crippen molar-refractivity contribution in [3.63, 3.8) is 0 Å². The molecule has 1 aromatic carbocycles. The fraction of sp³-hybridized carbons (Fsp3) is 0.167. The molecule has 1 heterocycles. The lowest BCUT2D eigenvalue weighted by molar-refractivity contribution is -0.139. The van der Waals surface area contributed by atoms with Crippen LogP contribution in [0.2, 0.25) is 0 Å². The zero-order valence-electron chi connectivity index (χ0n) is 9.64. The third-order valence-electron chi connectivity index (χ3n) is 2.20. The van der Waals surface area contributed by atoms with Gasteiger partial charge in [-0.05, 0) is 24.3 Å². The summed E-state index contributed by atoms with van der Waals surface area (Å²) < 4.78 is 17.3. The molecule has 0 unspecified atom stereocenters. The molecule has 1 aromatic heterocycles. The van der Waals surface area contributed by atoms with Crippen LogP contribution in [0.5, 0.6) is 0 Å². The molecule has 0 atom stereocenters. The van der Waals surface area contributed by atoms with Crippen LogP contribution in [0.3, 0.4) is 0 Å². The van der Waals surface area contributed by atoms with Crippen molar-refractivity contribution in [2.45, 2.75) is 6.42 Å². The molecule has 0 saturated carbocycles. The molecule has 0 radical (unpaired) electrons. The van der Waals surface area contributed by atoms with Gasteiger partial charge in [0.05, 0.1) is 19.2 Å². The van der Waals surface area contributed by atoms with Crippen molar-refractivity contribution in [1.82, 2.24) is 4.98 Å². The van der Waals surface area contributed by atoms with Crippen molar-refractivity contribution in [1.29, 1.82) is 0 Å². The van der Waals surface area contributed by atoms with E-state index >= 15 is 0 Å². The van der Waals surface area contributed by atoms with Crippen LogP contribution < -0.4 is 5.32 Å². The Balaban J connectivity index is 2.02. The van der Waals surface area contributed by atoms with Crippen molar-refractivity contribution in [3.8, 4) is 0 Å². The van der Waals surface area contributed by atoms with Gasteiger partial charge in [-0.2, -0.15) is 0 Å². The minimum Gasteiger partial charge on any atom is -0.469 e. The molecule has 0 amide bonds. The van der Waals surface area contributed by atoms with Gasteiger partial charge in [-0.1, -0.05) is 0 Å². The van der Waals surface area contributed by atoms with E-state index < -0.39 is 0 Å². The molecule has 94 valence electrons. The summed E-state index contributed by atoms with van der Waals surface area (Å²) in [5.74, 6) is -0.611. The van der Waals surface area contributed by atoms with E-state index in [1.807, 2.05) is 0 Å². The Morgan fingerprint density at radius 2 is 2.17 bits per heavy atom. The standard InChI is InChI=1S/C12H11FN2O2S/c1-17-11(16)6-10-7-18-12(15-10)14-9-4-2-8(13)3-5-9/h2-5,7H,6H2,1H3,(H,14,15). The number of aromatic nitrogens is 1. The molecular weight excluding hydrogens is 255 g/mol. The topological polar surface area (TPSA) is 51.2 Å². The Morgan fingerprint density at radius 1 is 1.44 bits per heavy atom. The lowest BCUT2D eigenvalue weighted by atomic mass is 10.3. The van der Waals surface area contributed by atoms with E-state index in [1.165, 1.54) is 30.6 Å². The second kappa shape index (κ2) is 5.59. The van der Waals surface area contributed by atoms with Gasteiger partial charge in [0.1, 0.15) is 5.82 Å². The van der Waals surface area contributed by atoms with Gasteiger partial charge in [-0.3, -0.25) is 4.79 Å². The fourth-order valence-corrected chi connectivity index (χ4v) is 2.05. The maximum atomic E-state index is 12.7. The first-order valence-corrected chi connectivity index (χ1v) is 6.09. The normalized spacial score (nSPS) is 10.1.